The average Bonchev–Trinajstić information content (AvgIpc) is 3.40. The summed E-state index contributed by atoms with van der Waals surface area (Å²) in [7, 11) is 2.03. The van der Waals surface area contributed by atoms with Crippen molar-refractivity contribution in [2.45, 2.75) is 146 Å². The third-order valence-electron chi connectivity index (χ3n) is 16.8. The van der Waals surface area contributed by atoms with Crippen LogP contribution in [0.1, 0.15) is 139 Å². The molecule has 0 radical (unpaired) electrons. The second kappa shape index (κ2) is 14.8. The summed E-state index contributed by atoms with van der Waals surface area (Å²) in [6.45, 7) is 24.0. The fraction of sp³-hybridized carbons (Fsp3) is 0.766. The lowest BCUT2D eigenvalue weighted by atomic mass is 9.33. The van der Waals surface area contributed by atoms with Crippen molar-refractivity contribution in [1.82, 2.24) is 10.2 Å². The maximum atomic E-state index is 14.2. The Bertz CT molecular complexity index is 1610. The van der Waals surface area contributed by atoms with Gasteiger partial charge in [-0.3, -0.25) is 19.3 Å². The minimum Gasteiger partial charge on any atom is -0.481 e. The first-order valence-electron chi connectivity index (χ1n) is 21.4. The molecule has 1 aromatic carbocycles. The molecular formula is C47H72N2O5. The number of benzene rings is 1. The highest BCUT2D eigenvalue weighted by Crippen LogP contribution is 2.77. The summed E-state index contributed by atoms with van der Waals surface area (Å²) in [5, 5.41) is 13.0. The smallest absolute Gasteiger partial charge is 0.309 e. The molecule has 4 fully saturated rings. The zero-order valence-corrected chi connectivity index (χ0v) is 35.4. The highest BCUT2D eigenvalue weighted by molar-refractivity contribution is 6.00. The molecule has 2 unspecified atom stereocenters. The lowest BCUT2D eigenvalue weighted by molar-refractivity contribution is -0.233. The van der Waals surface area contributed by atoms with Crippen molar-refractivity contribution in [2.75, 3.05) is 26.7 Å². The normalized spacial score (nSPS) is 36.0. The van der Waals surface area contributed by atoms with Crippen LogP contribution in [0.15, 0.2) is 41.5 Å². The lowest BCUT2D eigenvalue weighted by Gasteiger charge is -2.72. The van der Waals surface area contributed by atoms with Gasteiger partial charge in [-0.2, -0.15) is 0 Å². The highest BCUT2D eigenvalue weighted by Gasteiger charge is 2.70. The van der Waals surface area contributed by atoms with Crippen LogP contribution >= 0.6 is 0 Å². The van der Waals surface area contributed by atoms with Gasteiger partial charge in [-0.05, 0) is 136 Å². The van der Waals surface area contributed by atoms with Crippen molar-refractivity contribution >= 4 is 17.7 Å². The van der Waals surface area contributed by atoms with E-state index in [1.165, 1.54) is 24.0 Å². The number of carbonyl (C=O) groups excluding carboxylic acids is 2. The second-order valence-electron chi connectivity index (χ2n) is 20.8. The van der Waals surface area contributed by atoms with Crippen LogP contribution in [-0.2, 0) is 25.7 Å². The molecule has 8 atom stereocenters. The molecule has 54 heavy (non-hydrogen) atoms. The number of ketones is 1. The standard InChI is InChI=1S/C47H72N2O5/c1-31(2)39-34(50)28-47(24-26-49(27-25-48-10)30-32-14-12-11-13-15-32)23-22-45(8)33(40(39)47)16-17-36-44(7)20-19-37(54-38(51)29-42(3,4)41(52)53)43(5,6)35(44)18-21-46(36,45)9/h11-15,31,33,35-37,48H,16-30H2,1-10H3,(H,52,53)/t33-,35?,36?,37+,44+,45-,46-,47-/m1/s1. The molecule has 6 rings (SSSR count). The van der Waals surface area contributed by atoms with Gasteiger partial charge in [-0.25, -0.2) is 0 Å². The molecule has 2 N–H and O–H groups in total. The molecule has 4 saturated carbocycles. The van der Waals surface area contributed by atoms with E-state index in [4.69, 9.17) is 4.74 Å². The van der Waals surface area contributed by atoms with E-state index < -0.39 is 17.4 Å². The Labute approximate surface area is 326 Å². The molecule has 0 aromatic heterocycles. The first-order chi connectivity index (χ1) is 25.3. The van der Waals surface area contributed by atoms with Crippen molar-refractivity contribution in [1.29, 1.82) is 0 Å². The molecule has 1 aromatic rings. The van der Waals surface area contributed by atoms with E-state index in [9.17, 15) is 19.5 Å². The summed E-state index contributed by atoms with van der Waals surface area (Å²) in [5.74, 6) is 0.684. The number of hydrogen-bond donors (Lipinski definition) is 2. The number of nitrogens with zero attached hydrogens (tertiary/aromatic N) is 1. The number of carbonyl (C=O) groups is 3. The van der Waals surface area contributed by atoms with Gasteiger partial charge >= 0.3 is 11.9 Å². The van der Waals surface area contributed by atoms with Gasteiger partial charge in [0.1, 0.15) is 6.10 Å². The topological polar surface area (TPSA) is 95.9 Å². The van der Waals surface area contributed by atoms with Crippen molar-refractivity contribution < 1.29 is 24.2 Å². The van der Waals surface area contributed by atoms with Crippen LogP contribution < -0.4 is 5.32 Å². The minimum absolute atomic E-state index is 0.0428. The van der Waals surface area contributed by atoms with Gasteiger partial charge in [0.2, 0.25) is 0 Å². The van der Waals surface area contributed by atoms with Gasteiger partial charge in [0.15, 0.2) is 5.78 Å². The molecule has 0 saturated heterocycles. The van der Waals surface area contributed by atoms with Crippen LogP contribution in [-0.4, -0.2) is 60.5 Å². The number of aliphatic carboxylic acids is 1. The Morgan fingerprint density at radius 3 is 2.28 bits per heavy atom. The Morgan fingerprint density at radius 1 is 0.926 bits per heavy atom. The molecule has 300 valence electrons. The molecule has 5 aliphatic rings. The van der Waals surface area contributed by atoms with E-state index in [0.29, 0.717) is 30.0 Å². The van der Waals surface area contributed by atoms with Gasteiger partial charge in [0.05, 0.1) is 11.8 Å². The zero-order valence-electron chi connectivity index (χ0n) is 35.4. The van der Waals surface area contributed by atoms with Crippen LogP contribution in [0, 0.1) is 56.2 Å². The van der Waals surface area contributed by atoms with Crippen LogP contribution in [0.25, 0.3) is 0 Å². The van der Waals surface area contributed by atoms with E-state index in [-0.39, 0.29) is 45.5 Å². The summed E-state index contributed by atoms with van der Waals surface area (Å²) in [6, 6.07) is 10.8. The number of nitrogens with one attached hydrogen (secondary N) is 1. The number of Topliss-reactive ketones (excluding diaryl/α,β-unsaturated/α-hetero) is 1. The first kappa shape index (κ1) is 41.1. The monoisotopic (exact) mass is 745 g/mol. The fourth-order valence-electron chi connectivity index (χ4n) is 13.6. The molecule has 0 spiro atoms. The molecule has 7 heteroatoms. The summed E-state index contributed by atoms with van der Waals surface area (Å²) in [5.41, 5.74) is 3.06. The zero-order chi connectivity index (χ0) is 39.5. The Morgan fingerprint density at radius 2 is 1.63 bits per heavy atom. The molecular weight excluding hydrogens is 673 g/mol. The summed E-state index contributed by atoms with van der Waals surface area (Å²) < 4.78 is 6.20. The van der Waals surface area contributed by atoms with E-state index >= 15 is 0 Å². The van der Waals surface area contributed by atoms with Gasteiger partial charge in [-0.1, -0.05) is 84.4 Å². The number of fused-ring (bicyclic) bond motifs is 7. The van der Waals surface area contributed by atoms with Crippen molar-refractivity contribution in [3.63, 3.8) is 0 Å². The van der Waals surface area contributed by atoms with Gasteiger partial charge in [0.25, 0.3) is 0 Å². The van der Waals surface area contributed by atoms with E-state index in [2.05, 4.69) is 89.0 Å². The number of carboxylic acids is 1. The maximum Gasteiger partial charge on any atom is 0.309 e. The highest BCUT2D eigenvalue weighted by atomic mass is 16.5. The number of allylic oxidation sites excluding steroid dienone is 2. The maximum absolute atomic E-state index is 14.2. The number of likely N-dealkylation sites (N-methyl/N-ethyl adjacent to an activating group) is 1. The molecule has 7 nitrogen and oxygen atoms in total. The van der Waals surface area contributed by atoms with E-state index in [1.54, 1.807) is 19.4 Å². The first-order valence-corrected chi connectivity index (χ1v) is 21.4. The van der Waals surface area contributed by atoms with Crippen molar-refractivity contribution in [3.8, 4) is 0 Å². The lowest BCUT2D eigenvalue weighted by Crippen LogP contribution is -2.65. The van der Waals surface area contributed by atoms with Crippen LogP contribution in [0.3, 0.4) is 0 Å². The van der Waals surface area contributed by atoms with Crippen molar-refractivity contribution in [3.05, 3.63) is 47.0 Å². The van der Waals surface area contributed by atoms with Crippen LogP contribution in [0.4, 0.5) is 0 Å². The predicted molar refractivity (Wildman–Crippen MR) is 216 cm³/mol. The largest absolute Gasteiger partial charge is 0.481 e. The minimum atomic E-state index is -1.15. The molecule has 0 amide bonds. The number of hydrogen-bond acceptors (Lipinski definition) is 6. The third-order valence-corrected chi connectivity index (χ3v) is 16.8. The average molecular weight is 745 g/mol. The number of rotatable bonds is 13. The molecule has 5 aliphatic carbocycles. The second-order valence-corrected chi connectivity index (χ2v) is 20.8. The van der Waals surface area contributed by atoms with Crippen LogP contribution in [0.5, 0.6) is 0 Å². The molecule has 0 aliphatic heterocycles. The fourth-order valence-corrected chi connectivity index (χ4v) is 13.6. The third kappa shape index (κ3) is 6.83. The number of carboxylic acid groups (broad SMARTS) is 1. The number of ether oxygens (including phenoxy) is 1. The van der Waals surface area contributed by atoms with Gasteiger partial charge in [-0.15, -0.1) is 0 Å². The number of esters is 1. The summed E-state index contributed by atoms with van der Waals surface area (Å²) in [6.07, 6.45) is 10.1. The van der Waals surface area contributed by atoms with E-state index in [0.717, 1.165) is 71.1 Å². The molecule has 0 heterocycles. The van der Waals surface area contributed by atoms with Gasteiger partial charge < -0.3 is 15.2 Å². The quantitative estimate of drug-likeness (QED) is 0.194. The SMILES string of the molecule is CNCCN(CC[C@@]12CC[C@]3(C)[C@H](CCC4[C@@]5(C)CC[C@H](OC(=O)CC(C)(C)C(=O)O)C(C)(C)C5CC[C@]43C)C1=C(C(C)C)C(=O)C2)Cc1ccccc1. The van der Waals surface area contributed by atoms with E-state index in [1.807, 2.05) is 7.05 Å². The van der Waals surface area contributed by atoms with Crippen LogP contribution in [0.2, 0.25) is 0 Å². The van der Waals surface area contributed by atoms with Crippen molar-refractivity contribution in [2.24, 2.45) is 56.2 Å². The Hall–Kier alpha value is -2.51. The Kier molecular flexibility index (Phi) is 11.3. The summed E-state index contributed by atoms with van der Waals surface area (Å²) in [4.78, 5) is 41.7. The Balaban J connectivity index is 1.26. The molecule has 0 bridgehead atoms. The summed E-state index contributed by atoms with van der Waals surface area (Å²) >= 11 is 0. The van der Waals surface area contributed by atoms with Gasteiger partial charge in [0, 0.05) is 36.9 Å². The predicted octanol–water partition coefficient (Wildman–Crippen LogP) is 9.49.